The van der Waals surface area contributed by atoms with Crippen molar-refractivity contribution in [2.45, 2.75) is 11.8 Å². The third-order valence-corrected chi connectivity index (χ3v) is 9.60. The minimum Gasteiger partial charge on any atom is -0.497 e. The van der Waals surface area contributed by atoms with E-state index in [1.807, 2.05) is 60.0 Å². The molecule has 11 heteroatoms. The van der Waals surface area contributed by atoms with Crippen molar-refractivity contribution in [2.24, 2.45) is 0 Å². The maximum Gasteiger partial charge on any atom is 0.240 e. The highest BCUT2D eigenvalue weighted by Gasteiger charge is 2.38. The molecule has 0 aliphatic carbocycles. The molecule has 6 rings (SSSR count). The van der Waals surface area contributed by atoms with Gasteiger partial charge in [0.05, 0.1) is 29.5 Å². The summed E-state index contributed by atoms with van der Waals surface area (Å²) in [6, 6.07) is 24.8. The van der Waals surface area contributed by atoms with Crippen molar-refractivity contribution in [3.8, 4) is 22.7 Å². The predicted octanol–water partition coefficient (Wildman–Crippen LogP) is 6.89. The van der Waals surface area contributed by atoms with E-state index in [0.717, 1.165) is 21.6 Å². The molecule has 0 bridgehead atoms. The SMILES string of the molecule is COc1ccc(-n2nc(-c3ccc(Cl)cc3)c3c2N(CC(=O)NCc2ccc(F)cc2)C(=O)CS[C@@H]3c2cccs2)cc1. The highest BCUT2D eigenvalue weighted by atomic mass is 35.5. The largest absolute Gasteiger partial charge is 0.497 e. The lowest BCUT2D eigenvalue weighted by molar-refractivity contribution is -0.123. The Bertz CT molecular complexity index is 1740. The predicted molar refractivity (Wildman–Crippen MR) is 170 cm³/mol. The van der Waals surface area contributed by atoms with Crippen LogP contribution >= 0.6 is 34.7 Å². The van der Waals surface area contributed by atoms with Gasteiger partial charge in [-0.1, -0.05) is 41.9 Å². The molecule has 0 unspecified atom stereocenters. The van der Waals surface area contributed by atoms with Gasteiger partial charge in [0.25, 0.3) is 0 Å². The normalized spacial score (nSPS) is 14.7. The number of methoxy groups -OCH3 is 1. The van der Waals surface area contributed by atoms with Crippen LogP contribution in [-0.4, -0.2) is 41.0 Å². The molecule has 1 aliphatic heterocycles. The summed E-state index contributed by atoms with van der Waals surface area (Å²) in [7, 11) is 1.60. The first-order valence-corrected chi connectivity index (χ1v) is 15.7. The molecule has 1 aliphatic rings. The zero-order chi connectivity index (χ0) is 29.9. The molecule has 3 aromatic carbocycles. The fourth-order valence-electron chi connectivity index (χ4n) is 4.91. The number of ether oxygens (including phenoxy) is 1. The second-order valence-corrected chi connectivity index (χ2v) is 12.3. The van der Waals surface area contributed by atoms with Crippen LogP contribution in [0.3, 0.4) is 0 Å². The molecular weight excluding hydrogens is 607 g/mol. The number of fused-ring (bicyclic) bond motifs is 1. The van der Waals surface area contributed by atoms with Gasteiger partial charge in [0.1, 0.15) is 23.9 Å². The standard InChI is InChI=1S/C32H26ClFN4O3S2/c1-41-25-14-12-24(13-15-25)38-32-29(30(36-38)21-6-8-22(33)9-7-21)31(26-3-2-16-42-26)43-19-28(40)37(32)18-27(39)35-17-20-4-10-23(34)11-5-20/h2-16,31H,17-19H2,1H3,(H,35,39)/t31-/m1/s1. The average molecular weight is 633 g/mol. The second-order valence-electron chi connectivity index (χ2n) is 9.79. The van der Waals surface area contributed by atoms with Crippen molar-refractivity contribution in [3.05, 3.63) is 117 Å². The van der Waals surface area contributed by atoms with Crippen molar-refractivity contribution in [3.63, 3.8) is 0 Å². The van der Waals surface area contributed by atoms with E-state index in [1.165, 1.54) is 28.8 Å². The summed E-state index contributed by atoms with van der Waals surface area (Å²) in [5.41, 5.74) is 3.82. The second kappa shape index (κ2) is 12.6. The van der Waals surface area contributed by atoms with Crippen LogP contribution in [-0.2, 0) is 16.1 Å². The Hall–Kier alpha value is -4.12. The number of benzene rings is 3. The van der Waals surface area contributed by atoms with Crippen LogP contribution in [0.4, 0.5) is 10.2 Å². The van der Waals surface area contributed by atoms with E-state index < -0.39 is 0 Å². The van der Waals surface area contributed by atoms with Crippen LogP contribution in [0.2, 0.25) is 5.02 Å². The molecule has 3 heterocycles. The molecule has 1 atom stereocenters. The first-order chi connectivity index (χ1) is 20.9. The van der Waals surface area contributed by atoms with Crippen LogP contribution < -0.4 is 15.0 Å². The number of carbonyl (C=O) groups is 2. The molecule has 0 radical (unpaired) electrons. The van der Waals surface area contributed by atoms with E-state index in [4.69, 9.17) is 21.4 Å². The van der Waals surface area contributed by atoms with Gasteiger partial charge >= 0.3 is 0 Å². The molecule has 0 saturated carbocycles. The number of aromatic nitrogens is 2. The molecule has 7 nitrogen and oxygen atoms in total. The number of carbonyl (C=O) groups excluding carboxylic acids is 2. The van der Waals surface area contributed by atoms with Gasteiger partial charge in [-0.05, 0) is 65.5 Å². The van der Waals surface area contributed by atoms with Crippen molar-refractivity contribution in [1.82, 2.24) is 15.1 Å². The van der Waals surface area contributed by atoms with E-state index >= 15 is 0 Å². The van der Waals surface area contributed by atoms with E-state index in [-0.39, 0.29) is 41.7 Å². The third-order valence-electron chi connectivity index (χ3n) is 7.03. The van der Waals surface area contributed by atoms with E-state index in [2.05, 4.69) is 11.4 Å². The lowest BCUT2D eigenvalue weighted by Crippen LogP contribution is -2.42. The van der Waals surface area contributed by atoms with Gasteiger partial charge in [0.2, 0.25) is 11.8 Å². The summed E-state index contributed by atoms with van der Waals surface area (Å²) >= 11 is 9.36. The van der Waals surface area contributed by atoms with Crippen LogP contribution in [0.1, 0.15) is 21.3 Å². The maximum atomic E-state index is 13.8. The monoisotopic (exact) mass is 632 g/mol. The Morgan fingerprint density at radius 1 is 1.07 bits per heavy atom. The number of amides is 2. The molecule has 2 aromatic heterocycles. The zero-order valence-electron chi connectivity index (χ0n) is 23.0. The number of thioether (sulfide) groups is 1. The molecule has 0 spiro atoms. The van der Waals surface area contributed by atoms with Crippen LogP contribution in [0.5, 0.6) is 5.75 Å². The van der Waals surface area contributed by atoms with Gasteiger partial charge in [-0.15, -0.1) is 23.1 Å². The minimum absolute atomic E-state index is 0.172. The van der Waals surface area contributed by atoms with Crippen molar-refractivity contribution in [2.75, 3.05) is 24.3 Å². The summed E-state index contributed by atoms with van der Waals surface area (Å²) in [5, 5.41) is 10.4. The minimum atomic E-state index is -0.348. The van der Waals surface area contributed by atoms with E-state index in [0.29, 0.717) is 28.0 Å². The summed E-state index contributed by atoms with van der Waals surface area (Å²) in [6.45, 7) is -0.0129. The van der Waals surface area contributed by atoms with Crippen LogP contribution in [0, 0.1) is 5.82 Å². The van der Waals surface area contributed by atoms with Gasteiger partial charge < -0.3 is 10.1 Å². The lowest BCUT2D eigenvalue weighted by Gasteiger charge is -2.23. The number of nitrogens with one attached hydrogen (secondary N) is 1. The average Bonchev–Trinajstić information content (AvgIpc) is 3.67. The molecule has 2 amide bonds. The molecule has 43 heavy (non-hydrogen) atoms. The highest BCUT2D eigenvalue weighted by Crippen LogP contribution is 2.49. The quantitative estimate of drug-likeness (QED) is 0.202. The van der Waals surface area contributed by atoms with Crippen molar-refractivity contribution >= 4 is 52.3 Å². The lowest BCUT2D eigenvalue weighted by atomic mass is 10.0. The number of anilines is 1. The van der Waals surface area contributed by atoms with Crippen LogP contribution in [0.25, 0.3) is 16.9 Å². The van der Waals surface area contributed by atoms with Crippen molar-refractivity contribution in [1.29, 1.82) is 0 Å². The van der Waals surface area contributed by atoms with Gasteiger partial charge in [0, 0.05) is 27.6 Å². The number of thiophene rings is 1. The number of rotatable bonds is 8. The molecule has 0 fully saturated rings. The Morgan fingerprint density at radius 2 is 1.81 bits per heavy atom. The number of hydrogen-bond acceptors (Lipinski definition) is 6. The highest BCUT2D eigenvalue weighted by molar-refractivity contribution is 8.00. The molecule has 5 aromatic rings. The Morgan fingerprint density at radius 3 is 2.49 bits per heavy atom. The first kappa shape index (κ1) is 29.0. The smallest absolute Gasteiger partial charge is 0.240 e. The topological polar surface area (TPSA) is 76.5 Å². The van der Waals surface area contributed by atoms with Gasteiger partial charge in [-0.3, -0.25) is 14.5 Å². The fraction of sp³-hybridized carbons (Fsp3) is 0.156. The molecule has 0 saturated heterocycles. The maximum absolute atomic E-state index is 13.8. The summed E-state index contributed by atoms with van der Waals surface area (Å²) in [6.07, 6.45) is 0. The molecular formula is C32H26ClFN4O3S2. The van der Waals surface area contributed by atoms with Gasteiger partial charge in [-0.2, -0.15) is 5.10 Å². The fourth-order valence-corrected chi connectivity index (χ4v) is 7.21. The summed E-state index contributed by atoms with van der Waals surface area (Å²) in [5.74, 6) is 0.475. The number of hydrogen-bond donors (Lipinski definition) is 1. The zero-order valence-corrected chi connectivity index (χ0v) is 25.4. The Kier molecular flexibility index (Phi) is 8.51. The Labute approximate surface area is 261 Å². The number of halogens is 2. The summed E-state index contributed by atoms with van der Waals surface area (Å²) < 4.78 is 20.5. The van der Waals surface area contributed by atoms with Gasteiger partial charge in [-0.25, -0.2) is 9.07 Å². The van der Waals surface area contributed by atoms with E-state index in [1.54, 1.807) is 35.3 Å². The van der Waals surface area contributed by atoms with Crippen LogP contribution in [0.15, 0.2) is 90.3 Å². The first-order valence-electron chi connectivity index (χ1n) is 13.4. The summed E-state index contributed by atoms with van der Waals surface area (Å²) in [4.78, 5) is 29.7. The third kappa shape index (κ3) is 6.17. The van der Waals surface area contributed by atoms with Gasteiger partial charge in [0.15, 0.2) is 0 Å². The molecule has 1 N–H and O–H groups in total. The van der Waals surface area contributed by atoms with Crippen molar-refractivity contribution < 1.29 is 18.7 Å². The number of nitrogens with zero attached hydrogens (tertiary/aromatic N) is 3. The van der Waals surface area contributed by atoms with E-state index in [9.17, 15) is 14.0 Å². The Balaban J connectivity index is 1.48. The molecule has 218 valence electrons.